The molecule has 3 rings (SSSR count). The summed E-state index contributed by atoms with van der Waals surface area (Å²) in [5.74, 6) is 0.110. The number of allylic oxidation sites excluding steroid dienone is 1. The highest BCUT2D eigenvalue weighted by Gasteiger charge is 2.34. The van der Waals surface area contributed by atoms with Gasteiger partial charge in [0.25, 0.3) is 0 Å². The summed E-state index contributed by atoms with van der Waals surface area (Å²) < 4.78 is 11.2. The van der Waals surface area contributed by atoms with Crippen molar-refractivity contribution in [3.63, 3.8) is 0 Å². The first-order valence-corrected chi connectivity index (χ1v) is 10.2. The number of hydrogen-bond donors (Lipinski definition) is 2. The van der Waals surface area contributed by atoms with E-state index in [-0.39, 0.29) is 18.6 Å². The van der Waals surface area contributed by atoms with Crippen molar-refractivity contribution in [2.45, 2.75) is 33.4 Å². The Labute approximate surface area is 181 Å². The Hall–Kier alpha value is -2.99. The van der Waals surface area contributed by atoms with Crippen LogP contribution in [0.4, 0.5) is 4.79 Å². The molecule has 158 valence electrons. The van der Waals surface area contributed by atoms with E-state index < -0.39 is 12.0 Å². The Morgan fingerprint density at radius 2 is 1.93 bits per heavy atom. The molecule has 0 bridgehead atoms. The SMILES string of the molecule is CCOC(=O)C1=C(C(C)C)NC(=O)NC1c1cccc(OCc2cccc(Cl)c2)c1. The first-order valence-electron chi connectivity index (χ1n) is 9.85. The lowest BCUT2D eigenvalue weighted by molar-refractivity contribution is -0.139. The predicted octanol–water partition coefficient (Wildman–Crippen LogP) is 4.75. The van der Waals surface area contributed by atoms with Gasteiger partial charge >= 0.3 is 12.0 Å². The molecule has 0 spiro atoms. The molecule has 1 aliphatic rings. The van der Waals surface area contributed by atoms with Crippen molar-refractivity contribution in [2.75, 3.05) is 6.61 Å². The summed E-state index contributed by atoms with van der Waals surface area (Å²) in [7, 11) is 0. The molecule has 1 heterocycles. The molecule has 1 atom stereocenters. The van der Waals surface area contributed by atoms with Gasteiger partial charge in [0.05, 0.1) is 18.2 Å². The van der Waals surface area contributed by atoms with E-state index in [1.165, 1.54) is 0 Å². The van der Waals surface area contributed by atoms with Crippen molar-refractivity contribution in [1.29, 1.82) is 0 Å². The maximum atomic E-state index is 12.7. The van der Waals surface area contributed by atoms with Gasteiger partial charge in [-0.05, 0) is 48.2 Å². The lowest BCUT2D eigenvalue weighted by Crippen LogP contribution is -2.47. The monoisotopic (exact) mass is 428 g/mol. The number of nitrogens with one attached hydrogen (secondary N) is 2. The second kappa shape index (κ2) is 9.67. The number of urea groups is 1. The Morgan fingerprint density at radius 3 is 2.63 bits per heavy atom. The van der Waals surface area contributed by atoms with E-state index >= 15 is 0 Å². The van der Waals surface area contributed by atoms with Crippen LogP contribution in [0.25, 0.3) is 0 Å². The van der Waals surface area contributed by atoms with E-state index in [2.05, 4.69) is 10.6 Å². The lowest BCUT2D eigenvalue weighted by atomic mass is 9.91. The fraction of sp³-hybridized carbons (Fsp3) is 0.304. The van der Waals surface area contributed by atoms with Gasteiger partial charge in [-0.3, -0.25) is 0 Å². The van der Waals surface area contributed by atoms with Gasteiger partial charge in [-0.25, -0.2) is 9.59 Å². The van der Waals surface area contributed by atoms with Crippen molar-refractivity contribution < 1.29 is 19.1 Å². The van der Waals surface area contributed by atoms with Crippen LogP contribution in [0, 0.1) is 5.92 Å². The molecule has 0 saturated heterocycles. The van der Waals surface area contributed by atoms with Gasteiger partial charge in [0.2, 0.25) is 0 Å². The summed E-state index contributed by atoms with van der Waals surface area (Å²) >= 11 is 6.03. The minimum absolute atomic E-state index is 0.0554. The molecule has 2 aromatic rings. The summed E-state index contributed by atoms with van der Waals surface area (Å²) in [5, 5.41) is 6.24. The summed E-state index contributed by atoms with van der Waals surface area (Å²) in [6.07, 6.45) is 0. The zero-order valence-corrected chi connectivity index (χ0v) is 18.0. The zero-order valence-electron chi connectivity index (χ0n) is 17.2. The quantitative estimate of drug-likeness (QED) is 0.624. The summed E-state index contributed by atoms with van der Waals surface area (Å²) in [5.41, 5.74) is 2.64. The van der Waals surface area contributed by atoms with Crippen molar-refractivity contribution in [3.8, 4) is 5.75 Å². The smallest absolute Gasteiger partial charge is 0.338 e. The van der Waals surface area contributed by atoms with Crippen molar-refractivity contribution in [3.05, 3.63) is 76.0 Å². The average Bonchev–Trinajstić information content (AvgIpc) is 2.72. The third kappa shape index (κ3) is 5.13. The third-order valence-electron chi connectivity index (χ3n) is 4.66. The van der Waals surface area contributed by atoms with Crippen LogP contribution in [0.15, 0.2) is 59.8 Å². The van der Waals surface area contributed by atoms with Crippen LogP contribution in [0.3, 0.4) is 0 Å². The highest BCUT2D eigenvalue weighted by atomic mass is 35.5. The Morgan fingerprint density at radius 1 is 1.17 bits per heavy atom. The number of esters is 1. The molecule has 6 nitrogen and oxygen atoms in total. The molecular formula is C23H25ClN2O4. The van der Waals surface area contributed by atoms with Crippen LogP contribution < -0.4 is 15.4 Å². The molecule has 0 aromatic heterocycles. The Balaban J connectivity index is 1.90. The van der Waals surface area contributed by atoms with Gasteiger partial charge in [0.15, 0.2) is 0 Å². The van der Waals surface area contributed by atoms with E-state index in [1.54, 1.807) is 13.0 Å². The largest absolute Gasteiger partial charge is 0.489 e. The summed E-state index contributed by atoms with van der Waals surface area (Å²) in [6.45, 7) is 6.18. The molecule has 0 saturated carbocycles. The van der Waals surface area contributed by atoms with Crippen molar-refractivity contribution in [1.82, 2.24) is 10.6 Å². The fourth-order valence-electron chi connectivity index (χ4n) is 3.30. The number of carbonyl (C=O) groups is 2. The molecule has 7 heteroatoms. The zero-order chi connectivity index (χ0) is 21.7. The highest BCUT2D eigenvalue weighted by molar-refractivity contribution is 6.30. The number of amides is 2. The molecular weight excluding hydrogens is 404 g/mol. The van der Waals surface area contributed by atoms with Gasteiger partial charge in [-0.2, -0.15) is 0 Å². The second-order valence-corrected chi connectivity index (χ2v) is 7.66. The standard InChI is InChI=1S/C23H25ClN2O4/c1-4-29-22(27)19-20(14(2)3)25-23(28)26-21(19)16-8-6-10-18(12-16)30-13-15-7-5-9-17(24)11-15/h5-12,14,21H,4,13H2,1-3H3,(H2,25,26,28). The first kappa shape index (κ1) is 21.7. The average molecular weight is 429 g/mol. The van der Waals surface area contributed by atoms with Crippen LogP contribution in [-0.2, 0) is 16.1 Å². The van der Waals surface area contributed by atoms with Gasteiger partial charge < -0.3 is 20.1 Å². The topological polar surface area (TPSA) is 76.7 Å². The number of hydrogen-bond acceptors (Lipinski definition) is 4. The van der Waals surface area contributed by atoms with Gasteiger partial charge in [-0.1, -0.05) is 49.7 Å². The van der Waals surface area contributed by atoms with Crippen LogP contribution in [0.2, 0.25) is 5.02 Å². The molecule has 2 aromatic carbocycles. The van der Waals surface area contributed by atoms with Gasteiger partial charge in [0.1, 0.15) is 12.4 Å². The minimum Gasteiger partial charge on any atom is -0.489 e. The number of ether oxygens (including phenoxy) is 2. The maximum absolute atomic E-state index is 12.7. The maximum Gasteiger partial charge on any atom is 0.338 e. The van der Waals surface area contributed by atoms with E-state index in [0.29, 0.717) is 28.6 Å². The number of halogens is 1. The van der Waals surface area contributed by atoms with Crippen LogP contribution in [0.1, 0.15) is 37.9 Å². The fourth-order valence-corrected chi connectivity index (χ4v) is 3.52. The van der Waals surface area contributed by atoms with Crippen LogP contribution in [-0.4, -0.2) is 18.6 Å². The van der Waals surface area contributed by atoms with Crippen LogP contribution in [0.5, 0.6) is 5.75 Å². The second-order valence-electron chi connectivity index (χ2n) is 7.23. The van der Waals surface area contributed by atoms with E-state index in [9.17, 15) is 9.59 Å². The third-order valence-corrected chi connectivity index (χ3v) is 4.90. The highest BCUT2D eigenvalue weighted by Crippen LogP contribution is 2.32. The van der Waals surface area contributed by atoms with E-state index in [1.807, 2.05) is 56.3 Å². The summed E-state index contributed by atoms with van der Waals surface area (Å²) in [6, 6.07) is 13.8. The molecule has 2 N–H and O–H groups in total. The molecule has 0 radical (unpaired) electrons. The normalized spacial score (nSPS) is 16.2. The van der Waals surface area contributed by atoms with E-state index in [4.69, 9.17) is 21.1 Å². The molecule has 30 heavy (non-hydrogen) atoms. The molecule has 2 amide bonds. The number of benzene rings is 2. The lowest BCUT2D eigenvalue weighted by Gasteiger charge is -2.31. The molecule has 0 aliphatic carbocycles. The molecule has 1 unspecified atom stereocenters. The summed E-state index contributed by atoms with van der Waals surface area (Å²) in [4.78, 5) is 25.0. The van der Waals surface area contributed by atoms with Gasteiger partial charge in [0, 0.05) is 10.7 Å². The van der Waals surface area contributed by atoms with E-state index in [0.717, 1.165) is 11.1 Å². The van der Waals surface area contributed by atoms with Crippen LogP contribution >= 0.6 is 11.6 Å². The number of rotatable bonds is 7. The first-order chi connectivity index (χ1) is 14.4. The molecule has 0 fully saturated rings. The van der Waals surface area contributed by atoms with Crippen molar-refractivity contribution >= 4 is 23.6 Å². The van der Waals surface area contributed by atoms with Crippen molar-refractivity contribution in [2.24, 2.45) is 5.92 Å². The Kier molecular flexibility index (Phi) is 7.00. The van der Waals surface area contributed by atoms with Gasteiger partial charge in [-0.15, -0.1) is 0 Å². The number of carbonyl (C=O) groups excluding carboxylic acids is 2. The Bertz CT molecular complexity index is 971. The predicted molar refractivity (Wildman–Crippen MR) is 115 cm³/mol. The minimum atomic E-state index is -0.634. The molecule has 1 aliphatic heterocycles.